The first kappa shape index (κ1) is 26.9. The molecule has 0 saturated heterocycles. The second-order valence-corrected chi connectivity index (χ2v) is 11.7. The predicted molar refractivity (Wildman–Crippen MR) is 151 cm³/mol. The van der Waals surface area contributed by atoms with E-state index in [-0.39, 0.29) is 11.8 Å². The van der Waals surface area contributed by atoms with Crippen molar-refractivity contribution in [1.82, 2.24) is 0 Å². The van der Waals surface area contributed by atoms with E-state index in [0.717, 1.165) is 48.1 Å². The molecule has 0 spiro atoms. The lowest BCUT2D eigenvalue weighted by atomic mass is 9.96. The molecule has 0 radical (unpaired) electrons. The summed E-state index contributed by atoms with van der Waals surface area (Å²) in [5, 5.41) is 6.09. The monoisotopic (exact) mass is 536 g/mol. The van der Waals surface area contributed by atoms with Gasteiger partial charge in [-0.25, -0.2) is 4.79 Å². The highest BCUT2D eigenvalue weighted by Crippen LogP contribution is 2.38. The highest BCUT2D eigenvalue weighted by atomic mass is 32.2. The molecule has 8 heteroatoms. The number of amides is 2. The summed E-state index contributed by atoms with van der Waals surface area (Å²) in [6, 6.07) is 14.8. The van der Waals surface area contributed by atoms with Gasteiger partial charge in [0.05, 0.1) is 17.9 Å². The van der Waals surface area contributed by atoms with Crippen molar-refractivity contribution < 1.29 is 19.1 Å². The van der Waals surface area contributed by atoms with E-state index < -0.39 is 11.2 Å². The molecule has 1 aliphatic rings. The van der Waals surface area contributed by atoms with Gasteiger partial charge in [0.2, 0.25) is 5.91 Å². The van der Waals surface area contributed by atoms with Crippen LogP contribution in [0, 0.1) is 6.92 Å². The van der Waals surface area contributed by atoms with Gasteiger partial charge in [0.1, 0.15) is 5.00 Å². The van der Waals surface area contributed by atoms with Crippen LogP contribution in [0.4, 0.5) is 10.7 Å². The average molecular weight is 537 g/mol. The lowest BCUT2D eigenvalue weighted by Crippen LogP contribution is -2.23. The van der Waals surface area contributed by atoms with E-state index in [9.17, 15) is 14.4 Å². The fourth-order valence-corrected chi connectivity index (χ4v) is 6.56. The number of hydrogen-bond donors (Lipinski definition) is 2. The van der Waals surface area contributed by atoms with Crippen molar-refractivity contribution in [2.75, 3.05) is 17.7 Å². The standard InChI is InChI=1S/C29H32N2O4S2/c1-18-13-15-20(16-14-18)27(33)30-21-9-8-10-22(17-21)36-19(2)26(32)31-28-25(29(34)35-3)23-11-6-4-5-7-12-24(23)37-28/h8-10,13-17,19H,4-7,11-12H2,1-3H3,(H,30,33)(H,31,32). The minimum absolute atomic E-state index is 0.182. The van der Waals surface area contributed by atoms with Crippen LogP contribution in [0.2, 0.25) is 0 Å². The average Bonchev–Trinajstić information content (AvgIpc) is 3.19. The van der Waals surface area contributed by atoms with Gasteiger partial charge in [-0.15, -0.1) is 23.1 Å². The van der Waals surface area contributed by atoms with Crippen LogP contribution in [0.3, 0.4) is 0 Å². The van der Waals surface area contributed by atoms with Gasteiger partial charge < -0.3 is 15.4 Å². The predicted octanol–water partition coefficient (Wildman–Crippen LogP) is 6.87. The third kappa shape index (κ3) is 6.81. The Morgan fingerprint density at radius 2 is 1.70 bits per heavy atom. The fourth-order valence-electron chi connectivity index (χ4n) is 4.35. The largest absolute Gasteiger partial charge is 0.465 e. The number of fused-ring (bicyclic) bond motifs is 1. The molecule has 2 N–H and O–H groups in total. The van der Waals surface area contributed by atoms with Crippen LogP contribution in [-0.4, -0.2) is 30.1 Å². The number of thiophene rings is 1. The minimum Gasteiger partial charge on any atom is -0.465 e. The van der Waals surface area contributed by atoms with Crippen LogP contribution in [0.1, 0.15) is 69.3 Å². The van der Waals surface area contributed by atoms with Gasteiger partial charge in [0.25, 0.3) is 5.91 Å². The molecule has 1 unspecified atom stereocenters. The van der Waals surface area contributed by atoms with E-state index in [1.54, 1.807) is 12.1 Å². The summed E-state index contributed by atoms with van der Waals surface area (Å²) in [4.78, 5) is 40.4. The number of carbonyl (C=O) groups is 3. The van der Waals surface area contributed by atoms with Crippen LogP contribution >= 0.6 is 23.1 Å². The molecular weight excluding hydrogens is 504 g/mol. The normalized spacial score (nSPS) is 14.0. The zero-order valence-corrected chi connectivity index (χ0v) is 23.0. The van der Waals surface area contributed by atoms with Crippen molar-refractivity contribution in [3.8, 4) is 0 Å². The number of nitrogens with one attached hydrogen (secondary N) is 2. The van der Waals surface area contributed by atoms with Gasteiger partial charge in [-0.3, -0.25) is 9.59 Å². The Kier molecular flexibility index (Phi) is 9.05. The van der Waals surface area contributed by atoms with Crippen LogP contribution in [0.25, 0.3) is 0 Å². The van der Waals surface area contributed by atoms with Crippen molar-refractivity contribution in [2.24, 2.45) is 0 Å². The Hall–Kier alpha value is -3.10. The van der Waals surface area contributed by atoms with Crippen LogP contribution in [0.15, 0.2) is 53.4 Å². The van der Waals surface area contributed by atoms with Crippen molar-refractivity contribution in [3.63, 3.8) is 0 Å². The molecule has 1 atom stereocenters. The number of esters is 1. The third-order valence-electron chi connectivity index (χ3n) is 6.39. The number of thioether (sulfide) groups is 1. The highest BCUT2D eigenvalue weighted by Gasteiger charge is 2.27. The molecule has 0 fully saturated rings. The highest BCUT2D eigenvalue weighted by molar-refractivity contribution is 8.00. The Morgan fingerprint density at radius 1 is 0.973 bits per heavy atom. The van der Waals surface area contributed by atoms with E-state index in [4.69, 9.17) is 4.74 Å². The molecule has 6 nitrogen and oxygen atoms in total. The Labute approximate surface area is 226 Å². The maximum Gasteiger partial charge on any atom is 0.341 e. The number of hydrogen-bond acceptors (Lipinski definition) is 6. The summed E-state index contributed by atoms with van der Waals surface area (Å²) in [5.74, 6) is -0.763. The smallest absolute Gasteiger partial charge is 0.341 e. The summed E-state index contributed by atoms with van der Waals surface area (Å²) in [7, 11) is 1.38. The Bertz CT molecular complexity index is 1280. The van der Waals surface area contributed by atoms with Crippen LogP contribution < -0.4 is 10.6 Å². The zero-order chi connectivity index (χ0) is 26.4. The lowest BCUT2D eigenvalue weighted by molar-refractivity contribution is -0.115. The van der Waals surface area contributed by atoms with Crippen molar-refractivity contribution >= 4 is 51.6 Å². The maximum absolute atomic E-state index is 13.2. The molecule has 2 aromatic carbocycles. The number of ether oxygens (including phenoxy) is 1. The van der Waals surface area contributed by atoms with Gasteiger partial charge in [0.15, 0.2) is 0 Å². The summed E-state index contributed by atoms with van der Waals surface area (Å²) in [6.45, 7) is 3.81. The SMILES string of the molecule is COC(=O)c1c(NC(=O)C(C)Sc2cccc(NC(=O)c3ccc(C)cc3)c2)sc2c1CCCCCC2. The van der Waals surface area contributed by atoms with E-state index in [2.05, 4.69) is 10.6 Å². The third-order valence-corrected chi connectivity index (χ3v) is 8.69. The topological polar surface area (TPSA) is 84.5 Å². The number of aryl methyl sites for hydroxylation is 2. The van der Waals surface area contributed by atoms with E-state index in [0.29, 0.717) is 21.8 Å². The van der Waals surface area contributed by atoms with Crippen molar-refractivity contribution in [2.45, 2.75) is 62.5 Å². The molecule has 194 valence electrons. The van der Waals surface area contributed by atoms with E-state index >= 15 is 0 Å². The quantitative estimate of drug-likeness (QED) is 0.254. The van der Waals surface area contributed by atoms with Gasteiger partial charge >= 0.3 is 5.97 Å². The first-order valence-electron chi connectivity index (χ1n) is 12.5. The minimum atomic E-state index is -0.418. The van der Waals surface area contributed by atoms with Crippen LogP contribution in [0.5, 0.6) is 0 Å². The van der Waals surface area contributed by atoms with Crippen molar-refractivity contribution in [1.29, 1.82) is 0 Å². The fraction of sp³-hybridized carbons (Fsp3) is 0.345. The summed E-state index contributed by atoms with van der Waals surface area (Å²) < 4.78 is 5.07. The molecule has 0 aliphatic heterocycles. The second-order valence-electron chi connectivity index (χ2n) is 9.21. The van der Waals surface area contributed by atoms with E-state index in [1.807, 2.05) is 50.2 Å². The van der Waals surface area contributed by atoms with E-state index in [1.165, 1.54) is 41.5 Å². The first-order valence-corrected chi connectivity index (χ1v) is 14.2. The molecule has 37 heavy (non-hydrogen) atoms. The molecule has 2 amide bonds. The summed E-state index contributed by atoms with van der Waals surface area (Å²) in [6.07, 6.45) is 6.21. The zero-order valence-electron chi connectivity index (χ0n) is 21.4. The van der Waals surface area contributed by atoms with Gasteiger partial charge in [-0.1, -0.05) is 36.6 Å². The molecule has 1 aliphatic carbocycles. The number of anilines is 2. The number of methoxy groups -OCH3 is 1. The molecule has 4 rings (SSSR count). The van der Waals surface area contributed by atoms with Crippen LogP contribution in [-0.2, 0) is 22.4 Å². The molecule has 1 heterocycles. The molecule has 1 aromatic heterocycles. The molecule has 0 bridgehead atoms. The van der Waals surface area contributed by atoms with Gasteiger partial charge in [0, 0.05) is 21.0 Å². The summed E-state index contributed by atoms with van der Waals surface area (Å²) in [5.41, 5.74) is 3.88. The Balaban J connectivity index is 1.44. The molecule has 3 aromatic rings. The molecule has 0 saturated carbocycles. The maximum atomic E-state index is 13.2. The summed E-state index contributed by atoms with van der Waals surface area (Å²) >= 11 is 2.90. The van der Waals surface area contributed by atoms with Gasteiger partial charge in [-0.05, 0) is 75.4 Å². The lowest BCUT2D eigenvalue weighted by Gasteiger charge is -2.14. The van der Waals surface area contributed by atoms with Crippen molar-refractivity contribution in [3.05, 3.63) is 75.7 Å². The van der Waals surface area contributed by atoms with Gasteiger partial charge in [-0.2, -0.15) is 0 Å². The first-order chi connectivity index (χ1) is 17.9. The number of benzene rings is 2. The number of carbonyl (C=O) groups excluding carboxylic acids is 3. The molecular formula is C29H32N2O4S2. The second kappa shape index (κ2) is 12.4. The Morgan fingerprint density at radius 3 is 2.43 bits per heavy atom. The number of rotatable bonds is 7.